The Morgan fingerprint density at radius 2 is 1.81 bits per heavy atom. The number of hydrogen-bond donors (Lipinski definition) is 1. The third kappa shape index (κ3) is 4.39. The smallest absolute Gasteiger partial charge is 0.0644 e. The van der Waals surface area contributed by atoms with E-state index in [2.05, 4.69) is 42.6 Å². The van der Waals surface area contributed by atoms with Gasteiger partial charge in [0.2, 0.25) is 0 Å². The number of nitrogens with zero attached hydrogens (tertiary/aromatic N) is 3. The van der Waals surface area contributed by atoms with Crippen LogP contribution in [-0.4, -0.2) is 92.4 Å². The van der Waals surface area contributed by atoms with Crippen LogP contribution in [0.25, 0.3) is 0 Å². The number of nitrogens with two attached hydrogens (primary N) is 1. The molecule has 2 rings (SSSR count). The second kappa shape index (κ2) is 6.92. The Bertz CT molecular complexity index is 326. The maximum atomic E-state index is 6.21. The van der Waals surface area contributed by atoms with E-state index in [1.165, 1.54) is 6.54 Å². The lowest BCUT2D eigenvalue weighted by molar-refractivity contribution is -0.124. The van der Waals surface area contributed by atoms with Crippen molar-refractivity contribution in [1.29, 1.82) is 0 Å². The van der Waals surface area contributed by atoms with Crippen molar-refractivity contribution < 1.29 is 4.74 Å². The van der Waals surface area contributed by atoms with Crippen molar-refractivity contribution >= 4 is 0 Å². The van der Waals surface area contributed by atoms with Gasteiger partial charge in [0.1, 0.15) is 0 Å². The van der Waals surface area contributed by atoms with Crippen LogP contribution in [0.4, 0.5) is 0 Å². The van der Waals surface area contributed by atoms with Crippen LogP contribution >= 0.6 is 0 Å². The van der Waals surface area contributed by atoms with Gasteiger partial charge in [-0.15, -0.1) is 0 Å². The lowest BCUT2D eigenvalue weighted by Gasteiger charge is -2.53. The van der Waals surface area contributed by atoms with Crippen molar-refractivity contribution in [1.82, 2.24) is 14.7 Å². The summed E-state index contributed by atoms with van der Waals surface area (Å²) >= 11 is 0. The minimum absolute atomic E-state index is 0.0420. The third-order valence-electron chi connectivity index (χ3n) is 5.10. The monoisotopic (exact) mass is 298 g/mol. The molecule has 1 atom stereocenters. The Kier molecular flexibility index (Phi) is 5.65. The molecule has 0 bridgehead atoms. The highest BCUT2D eigenvalue weighted by atomic mass is 16.5. The fraction of sp³-hybridized carbons (Fsp3) is 1.00. The summed E-state index contributed by atoms with van der Waals surface area (Å²) in [6.45, 7) is 12.9. The molecule has 2 N–H and O–H groups in total. The summed E-state index contributed by atoms with van der Waals surface area (Å²) in [6.07, 6.45) is 2.12. The maximum Gasteiger partial charge on any atom is 0.0644 e. The standard InChI is InChI=1S/C16H34N4O/c1-15(2)13-16(14-17,5-12-21-15)20-10-8-19(9-11-20)7-6-18(3)4/h5-14,17H2,1-4H3. The van der Waals surface area contributed by atoms with E-state index < -0.39 is 0 Å². The predicted molar refractivity (Wildman–Crippen MR) is 87.6 cm³/mol. The van der Waals surface area contributed by atoms with Gasteiger partial charge in [-0.2, -0.15) is 0 Å². The quantitative estimate of drug-likeness (QED) is 0.798. The number of likely N-dealkylation sites (N-methyl/N-ethyl adjacent to an activating group) is 1. The van der Waals surface area contributed by atoms with Crippen LogP contribution in [0.1, 0.15) is 26.7 Å². The number of piperazine rings is 1. The lowest BCUT2D eigenvalue weighted by atomic mass is 9.79. The van der Waals surface area contributed by atoms with Gasteiger partial charge in [0, 0.05) is 58.0 Å². The summed E-state index contributed by atoms with van der Waals surface area (Å²) in [5.41, 5.74) is 6.31. The first-order valence-electron chi connectivity index (χ1n) is 8.33. The fourth-order valence-corrected chi connectivity index (χ4v) is 3.81. The molecule has 0 spiro atoms. The van der Waals surface area contributed by atoms with Crippen molar-refractivity contribution in [3.05, 3.63) is 0 Å². The molecule has 124 valence electrons. The van der Waals surface area contributed by atoms with Gasteiger partial charge in [0.05, 0.1) is 5.60 Å². The average Bonchev–Trinajstić information content (AvgIpc) is 2.44. The summed E-state index contributed by atoms with van der Waals surface area (Å²) in [5, 5.41) is 0. The summed E-state index contributed by atoms with van der Waals surface area (Å²) in [5.74, 6) is 0. The van der Waals surface area contributed by atoms with Crippen molar-refractivity contribution in [2.45, 2.75) is 37.8 Å². The summed E-state index contributed by atoms with van der Waals surface area (Å²) in [6, 6.07) is 0. The molecule has 0 aromatic carbocycles. The molecule has 0 amide bonds. The van der Waals surface area contributed by atoms with Gasteiger partial charge in [-0.25, -0.2) is 0 Å². The molecule has 2 aliphatic heterocycles. The SMILES string of the molecule is CN(C)CCN1CCN(C2(CN)CCOC(C)(C)C2)CC1. The molecule has 0 aliphatic carbocycles. The van der Waals surface area contributed by atoms with Crippen molar-refractivity contribution in [2.75, 3.05) is 66.5 Å². The predicted octanol–water partition coefficient (Wildman–Crippen LogP) is 0.452. The minimum Gasteiger partial charge on any atom is -0.375 e. The second-order valence-corrected chi connectivity index (χ2v) is 7.60. The van der Waals surface area contributed by atoms with Crippen LogP contribution in [0, 0.1) is 0 Å². The molecule has 0 saturated carbocycles. The number of ether oxygens (including phenoxy) is 1. The van der Waals surface area contributed by atoms with Gasteiger partial charge in [0.15, 0.2) is 0 Å². The van der Waals surface area contributed by atoms with E-state index in [1.807, 2.05) is 0 Å². The minimum atomic E-state index is -0.0420. The molecule has 2 aliphatic rings. The van der Waals surface area contributed by atoms with Crippen LogP contribution < -0.4 is 5.73 Å². The van der Waals surface area contributed by atoms with Gasteiger partial charge >= 0.3 is 0 Å². The van der Waals surface area contributed by atoms with E-state index in [9.17, 15) is 0 Å². The Morgan fingerprint density at radius 3 is 2.33 bits per heavy atom. The highest BCUT2D eigenvalue weighted by Crippen LogP contribution is 2.36. The Labute approximate surface area is 130 Å². The molecule has 5 nitrogen and oxygen atoms in total. The van der Waals surface area contributed by atoms with Gasteiger partial charge < -0.3 is 15.4 Å². The molecule has 5 heteroatoms. The molecule has 1 unspecified atom stereocenters. The lowest BCUT2D eigenvalue weighted by Crippen LogP contribution is -2.64. The normalized spacial score (nSPS) is 31.7. The summed E-state index contributed by atoms with van der Waals surface area (Å²) < 4.78 is 5.90. The van der Waals surface area contributed by atoms with E-state index in [-0.39, 0.29) is 11.1 Å². The Morgan fingerprint density at radius 1 is 1.14 bits per heavy atom. The van der Waals surface area contributed by atoms with Crippen molar-refractivity contribution in [3.63, 3.8) is 0 Å². The van der Waals surface area contributed by atoms with Crippen molar-refractivity contribution in [3.8, 4) is 0 Å². The largest absolute Gasteiger partial charge is 0.375 e. The van der Waals surface area contributed by atoms with Gasteiger partial charge in [-0.05, 0) is 40.8 Å². The first-order valence-corrected chi connectivity index (χ1v) is 8.33. The van der Waals surface area contributed by atoms with Crippen LogP contribution in [-0.2, 0) is 4.74 Å². The van der Waals surface area contributed by atoms with Gasteiger partial charge in [-0.3, -0.25) is 9.80 Å². The number of hydrogen-bond acceptors (Lipinski definition) is 5. The second-order valence-electron chi connectivity index (χ2n) is 7.60. The Hall–Kier alpha value is -0.200. The van der Waals surface area contributed by atoms with Gasteiger partial charge in [-0.1, -0.05) is 0 Å². The molecule has 2 saturated heterocycles. The zero-order valence-electron chi connectivity index (χ0n) is 14.4. The molecule has 2 fully saturated rings. The molecular weight excluding hydrogens is 264 g/mol. The molecular formula is C16H34N4O. The van der Waals surface area contributed by atoms with E-state index in [1.54, 1.807) is 0 Å². The van der Waals surface area contributed by atoms with E-state index in [4.69, 9.17) is 10.5 Å². The molecule has 2 heterocycles. The Balaban J connectivity index is 1.90. The molecule has 0 radical (unpaired) electrons. The highest BCUT2D eigenvalue weighted by Gasteiger charge is 2.44. The maximum absolute atomic E-state index is 6.21. The van der Waals surface area contributed by atoms with Crippen LogP contribution in [0.2, 0.25) is 0 Å². The summed E-state index contributed by atoms with van der Waals surface area (Å²) in [7, 11) is 4.29. The number of rotatable bonds is 5. The van der Waals surface area contributed by atoms with E-state index >= 15 is 0 Å². The fourth-order valence-electron chi connectivity index (χ4n) is 3.81. The first kappa shape index (κ1) is 17.2. The topological polar surface area (TPSA) is 45.0 Å². The molecule has 21 heavy (non-hydrogen) atoms. The highest BCUT2D eigenvalue weighted by molar-refractivity contribution is 5.00. The van der Waals surface area contributed by atoms with Crippen LogP contribution in [0.3, 0.4) is 0 Å². The van der Waals surface area contributed by atoms with Crippen molar-refractivity contribution in [2.24, 2.45) is 5.73 Å². The van der Waals surface area contributed by atoms with Gasteiger partial charge in [0.25, 0.3) is 0 Å². The van der Waals surface area contributed by atoms with Crippen LogP contribution in [0.5, 0.6) is 0 Å². The van der Waals surface area contributed by atoms with E-state index in [0.29, 0.717) is 0 Å². The third-order valence-corrected chi connectivity index (χ3v) is 5.10. The summed E-state index contributed by atoms with van der Waals surface area (Å²) in [4.78, 5) is 7.48. The first-order chi connectivity index (χ1) is 9.87. The molecule has 0 aromatic heterocycles. The molecule has 0 aromatic rings. The van der Waals surface area contributed by atoms with Crippen LogP contribution in [0.15, 0.2) is 0 Å². The van der Waals surface area contributed by atoms with E-state index in [0.717, 1.165) is 58.7 Å². The zero-order valence-corrected chi connectivity index (χ0v) is 14.4. The zero-order chi connectivity index (χ0) is 15.5. The average molecular weight is 298 g/mol.